The van der Waals surface area contributed by atoms with E-state index in [2.05, 4.69) is 5.32 Å². The number of unbranched alkanes of at least 4 members (excludes halogenated alkanes) is 3. The van der Waals surface area contributed by atoms with Gasteiger partial charge >= 0.3 is 5.97 Å². The Balaban J connectivity index is 2.14. The molecule has 1 aromatic rings. The molecule has 0 atom stereocenters. The molecule has 0 aliphatic rings. The van der Waals surface area contributed by atoms with Gasteiger partial charge in [-0.2, -0.15) is 0 Å². The Bertz CT molecular complexity index is 492. The Hall–Kier alpha value is -1.98. The van der Waals surface area contributed by atoms with Crippen molar-refractivity contribution in [1.29, 1.82) is 0 Å². The van der Waals surface area contributed by atoms with Gasteiger partial charge in [-0.15, -0.1) is 0 Å². The summed E-state index contributed by atoms with van der Waals surface area (Å²) >= 11 is 0. The minimum absolute atomic E-state index is 0.0101. The van der Waals surface area contributed by atoms with Gasteiger partial charge in [-0.3, -0.25) is 9.59 Å². The smallest absolute Gasteiger partial charge is 0.303 e. The molecule has 1 rings (SSSR count). The lowest BCUT2D eigenvalue weighted by atomic mass is 10.1. The van der Waals surface area contributed by atoms with E-state index in [-0.39, 0.29) is 18.7 Å². The molecular weight excluding hydrogens is 280 g/mol. The summed E-state index contributed by atoms with van der Waals surface area (Å²) in [6.45, 7) is 0.496. The molecule has 4 nitrogen and oxygen atoms in total. The number of halogens is 2. The van der Waals surface area contributed by atoms with E-state index in [1.807, 2.05) is 0 Å². The number of carboxylic acids is 1. The number of nitrogens with one attached hydrogen (secondary N) is 1. The zero-order valence-electron chi connectivity index (χ0n) is 11.7. The average molecular weight is 299 g/mol. The maximum atomic E-state index is 13.0. The molecule has 116 valence electrons. The van der Waals surface area contributed by atoms with Gasteiger partial charge in [0.2, 0.25) is 5.91 Å². The van der Waals surface area contributed by atoms with Crippen LogP contribution in [0.25, 0.3) is 0 Å². The number of hydrogen-bond donors (Lipinski definition) is 2. The van der Waals surface area contributed by atoms with E-state index in [9.17, 15) is 18.4 Å². The first-order valence-electron chi connectivity index (χ1n) is 6.91. The van der Waals surface area contributed by atoms with E-state index < -0.39 is 17.6 Å². The minimum atomic E-state index is -0.960. The van der Waals surface area contributed by atoms with Crippen molar-refractivity contribution < 1.29 is 23.5 Å². The number of aliphatic carboxylic acids is 1. The SMILES string of the molecule is O=C(O)CCCCCCNC(=O)Cc1ccc(F)c(F)c1. The summed E-state index contributed by atoms with van der Waals surface area (Å²) in [5, 5.41) is 11.2. The summed E-state index contributed by atoms with van der Waals surface area (Å²) in [4.78, 5) is 21.9. The van der Waals surface area contributed by atoms with Crippen LogP contribution in [0.1, 0.15) is 37.7 Å². The van der Waals surface area contributed by atoms with Crippen molar-refractivity contribution >= 4 is 11.9 Å². The first-order chi connectivity index (χ1) is 9.99. The molecule has 1 amide bonds. The molecule has 0 aromatic heterocycles. The predicted octanol–water partition coefficient (Wildman–Crippen LogP) is 2.66. The molecule has 0 fully saturated rings. The van der Waals surface area contributed by atoms with Crippen molar-refractivity contribution in [3.05, 3.63) is 35.4 Å². The zero-order chi connectivity index (χ0) is 15.7. The molecule has 0 aliphatic carbocycles. The van der Waals surface area contributed by atoms with Crippen LogP contribution in [0, 0.1) is 11.6 Å². The van der Waals surface area contributed by atoms with Gasteiger partial charge in [-0.1, -0.05) is 18.9 Å². The topological polar surface area (TPSA) is 66.4 Å². The fourth-order valence-corrected chi connectivity index (χ4v) is 1.88. The Morgan fingerprint density at radius 2 is 1.76 bits per heavy atom. The first kappa shape index (κ1) is 17.1. The normalized spacial score (nSPS) is 10.4. The van der Waals surface area contributed by atoms with Crippen LogP contribution < -0.4 is 5.32 Å². The van der Waals surface area contributed by atoms with Gasteiger partial charge < -0.3 is 10.4 Å². The standard InChI is InChI=1S/C15H19F2NO3/c16-12-7-6-11(9-13(12)17)10-14(19)18-8-4-2-1-3-5-15(20)21/h6-7,9H,1-5,8,10H2,(H,18,19)(H,20,21). The van der Waals surface area contributed by atoms with Crippen molar-refractivity contribution in [2.75, 3.05) is 6.54 Å². The van der Waals surface area contributed by atoms with Gasteiger partial charge in [0.1, 0.15) is 0 Å². The molecule has 6 heteroatoms. The molecule has 0 bridgehead atoms. The molecule has 21 heavy (non-hydrogen) atoms. The van der Waals surface area contributed by atoms with E-state index >= 15 is 0 Å². The highest BCUT2D eigenvalue weighted by atomic mass is 19.2. The molecule has 0 radical (unpaired) electrons. The third kappa shape index (κ3) is 7.39. The summed E-state index contributed by atoms with van der Waals surface area (Å²) in [6, 6.07) is 3.39. The third-order valence-electron chi connectivity index (χ3n) is 2.99. The van der Waals surface area contributed by atoms with Crippen LogP contribution in [0.4, 0.5) is 8.78 Å². The monoisotopic (exact) mass is 299 g/mol. The maximum Gasteiger partial charge on any atom is 0.303 e. The number of carboxylic acid groups (broad SMARTS) is 1. The Kier molecular flexibility index (Phi) is 7.36. The summed E-state index contributed by atoms with van der Waals surface area (Å²) < 4.78 is 25.7. The predicted molar refractivity (Wildman–Crippen MR) is 73.8 cm³/mol. The second-order valence-electron chi connectivity index (χ2n) is 4.83. The molecule has 0 spiro atoms. The van der Waals surface area contributed by atoms with E-state index in [1.54, 1.807) is 0 Å². The summed E-state index contributed by atoms with van der Waals surface area (Å²) in [6.07, 6.45) is 3.24. The molecule has 0 aliphatic heterocycles. The zero-order valence-corrected chi connectivity index (χ0v) is 11.7. The number of carbonyl (C=O) groups is 2. The molecule has 2 N–H and O–H groups in total. The summed E-state index contributed by atoms with van der Waals surface area (Å²) in [5.41, 5.74) is 0.424. The van der Waals surface area contributed by atoms with Gasteiger partial charge in [-0.25, -0.2) is 8.78 Å². The van der Waals surface area contributed by atoms with Gasteiger partial charge in [0.25, 0.3) is 0 Å². The van der Waals surface area contributed by atoms with Crippen LogP contribution in [0.5, 0.6) is 0 Å². The molecule has 0 saturated heterocycles. The summed E-state index contributed by atoms with van der Waals surface area (Å²) in [7, 11) is 0. The lowest BCUT2D eigenvalue weighted by Crippen LogP contribution is -2.26. The van der Waals surface area contributed by atoms with Crippen molar-refractivity contribution in [3.8, 4) is 0 Å². The first-order valence-corrected chi connectivity index (χ1v) is 6.91. The maximum absolute atomic E-state index is 13.0. The van der Waals surface area contributed by atoms with Crippen LogP contribution in [0.15, 0.2) is 18.2 Å². The second-order valence-corrected chi connectivity index (χ2v) is 4.83. The number of carbonyl (C=O) groups excluding carboxylic acids is 1. The fourth-order valence-electron chi connectivity index (χ4n) is 1.88. The van der Waals surface area contributed by atoms with Crippen LogP contribution in [-0.2, 0) is 16.0 Å². The highest BCUT2D eigenvalue weighted by Gasteiger charge is 2.06. The molecule has 0 saturated carbocycles. The van der Waals surface area contributed by atoms with Gasteiger partial charge in [0.05, 0.1) is 6.42 Å². The molecular formula is C15H19F2NO3. The third-order valence-corrected chi connectivity index (χ3v) is 2.99. The molecule has 0 unspecified atom stereocenters. The Labute approximate surface area is 122 Å². The van der Waals surface area contributed by atoms with Crippen LogP contribution in [0.2, 0.25) is 0 Å². The van der Waals surface area contributed by atoms with Gasteiger partial charge in [0.15, 0.2) is 11.6 Å². The number of amides is 1. The highest BCUT2D eigenvalue weighted by molar-refractivity contribution is 5.78. The number of hydrogen-bond acceptors (Lipinski definition) is 2. The van der Waals surface area contributed by atoms with Gasteiger partial charge in [0, 0.05) is 13.0 Å². The van der Waals surface area contributed by atoms with Crippen LogP contribution in [-0.4, -0.2) is 23.5 Å². The van der Waals surface area contributed by atoms with Gasteiger partial charge in [-0.05, 0) is 30.5 Å². The fraction of sp³-hybridized carbons (Fsp3) is 0.467. The Morgan fingerprint density at radius 3 is 2.43 bits per heavy atom. The minimum Gasteiger partial charge on any atom is -0.481 e. The lowest BCUT2D eigenvalue weighted by molar-refractivity contribution is -0.137. The number of benzene rings is 1. The molecule has 0 heterocycles. The van der Waals surface area contributed by atoms with Crippen molar-refractivity contribution in [2.24, 2.45) is 0 Å². The van der Waals surface area contributed by atoms with E-state index in [1.165, 1.54) is 6.07 Å². The summed E-state index contributed by atoms with van der Waals surface area (Å²) in [5.74, 6) is -2.93. The van der Waals surface area contributed by atoms with E-state index in [0.717, 1.165) is 31.4 Å². The van der Waals surface area contributed by atoms with E-state index in [0.29, 0.717) is 18.5 Å². The largest absolute Gasteiger partial charge is 0.481 e. The van der Waals surface area contributed by atoms with E-state index in [4.69, 9.17) is 5.11 Å². The van der Waals surface area contributed by atoms with Crippen LogP contribution in [0.3, 0.4) is 0 Å². The quantitative estimate of drug-likeness (QED) is 0.689. The average Bonchev–Trinajstić information content (AvgIpc) is 2.41. The Morgan fingerprint density at radius 1 is 1.05 bits per heavy atom. The lowest BCUT2D eigenvalue weighted by Gasteiger charge is -2.05. The van der Waals surface area contributed by atoms with Crippen molar-refractivity contribution in [2.45, 2.75) is 38.5 Å². The van der Waals surface area contributed by atoms with Crippen LogP contribution >= 0.6 is 0 Å². The van der Waals surface area contributed by atoms with Crippen molar-refractivity contribution in [1.82, 2.24) is 5.32 Å². The number of rotatable bonds is 9. The van der Waals surface area contributed by atoms with Crippen molar-refractivity contribution in [3.63, 3.8) is 0 Å². The molecule has 1 aromatic carbocycles. The highest BCUT2D eigenvalue weighted by Crippen LogP contribution is 2.09. The second kappa shape index (κ2) is 9.05.